The minimum atomic E-state index is -4.76. The normalized spacial score (nSPS) is 21.0. The van der Waals surface area contributed by atoms with E-state index in [1.165, 1.54) is 24.3 Å². The molecule has 0 saturated carbocycles. The first-order valence-corrected chi connectivity index (χ1v) is 11.0. The Morgan fingerprint density at radius 3 is 2.59 bits per heavy atom. The second-order valence-electron chi connectivity index (χ2n) is 8.44. The van der Waals surface area contributed by atoms with Crippen LogP contribution in [-0.4, -0.2) is 78.8 Å². The predicted molar refractivity (Wildman–Crippen MR) is 119 cm³/mol. The molecule has 184 valence electrons. The molecule has 2 atom stereocenters. The second kappa shape index (κ2) is 10.1. The van der Waals surface area contributed by atoms with Crippen molar-refractivity contribution in [2.45, 2.75) is 31.9 Å². The summed E-state index contributed by atoms with van der Waals surface area (Å²) < 4.78 is 46.2. The number of nitrogens with one attached hydrogen (secondary N) is 1. The van der Waals surface area contributed by atoms with Gasteiger partial charge in [0.05, 0.1) is 31.8 Å². The van der Waals surface area contributed by atoms with Crippen LogP contribution < -0.4 is 15.0 Å². The Labute approximate surface area is 195 Å². The van der Waals surface area contributed by atoms with Gasteiger partial charge in [-0.3, -0.25) is 4.79 Å². The van der Waals surface area contributed by atoms with Crippen LogP contribution in [0.5, 0.6) is 5.75 Å². The summed E-state index contributed by atoms with van der Waals surface area (Å²) in [5.74, 6) is 0.0609. The third kappa shape index (κ3) is 6.29. The molecule has 4 rings (SSSR count). The first-order valence-electron chi connectivity index (χ1n) is 11.0. The van der Waals surface area contributed by atoms with Gasteiger partial charge in [0.15, 0.2) is 0 Å². The molecule has 2 fully saturated rings. The Balaban J connectivity index is 1.35. The quantitative estimate of drug-likeness (QED) is 0.657. The van der Waals surface area contributed by atoms with Gasteiger partial charge in [0.1, 0.15) is 11.6 Å². The molecule has 11 heteroatoms. The zero-order valence-corrected chi connectivity index (χ0v) is 18.7. The number of likely N-dealkylation sites (tertiary alicyclic amines) is 1. The monoisotopic (exact) mass is 480 g/mol. The number of ether oxygens (including phenoxy) is 2. The molecule has 3 heterocycles. The molecule has 0 radical (unpaired) electrons. The Hall–Kier alpha value is -3.05. The Kier molecular flexibility index (Phi) is 7.13. The summed E-state index contributed by atoms with van der Waals surface area (Å²) in [6, 6.07) is 8.74. The van der Waals surface area contributed by atoms with Crippen molar-refractivity contribution in [2.24, 2.45) is 0 Å². The van der Waals surface area contributed by atoms with Gasteiger partial charge < -0.3 is 29.7 Å². The molecule has 2 aromatic rings. The summed E-state index contributed by atoms with van der Waals surface area (Å²) in [4.78, 5) is 21.0. The smallest absolute Gasteiger partial charge is 0.406 e. The van der Waals surface area contributed by atoms with Crippen LogP contribution in [0.25, 0.3) is 0 Å². The maximum Gasteiger partial charge on any atom is 0.573 e. The number of aliphatic hydroxyl groups excluding tert-OH is 1. The first-order chi connectivity index (χ1) is 16.2. The number of halogens is 3. The van der Waals surface area contributed by atoms with Crippen LogP contribution in [-0.2, 0) is 16.0 Å². The minimum absolute atomic E-state index is 0.00954. The van der Waals surface area contributed by atoms with E-state index in [9.17, 15) is 23.1 Å². The fourth-order valence-corrected chi connectivity index (χ4v) is 4.15. The highest BCUT2D eigenvalue weighted by molar-refractivity contribution is 5.79. The highest BCUT2D eigenvalue weighted by atomic mass is 19.4. The average molecular weight is 480 g/mol. The molecule has 0 bridgehead atoms. The number of nitrogens with zero attached hydrogens (tertiary/aromatic N) is 3. The fraction of sp³-hybridized carbons (Fsp3) is 0.478. The Bertz CT molecular complexity index is 997. The fourth-order valence-electron chi connectivity index (χ4n) is 4.15. The number of β-amino-alcohol motifs (C(OH)–C–C–N with tert-alkyl or cyclic N) is 1. The van der Waals surface area contributed by atoms with Gasteiger partial charge in [0.2, 0.25) is 5.91 Å². The van der Waals surface area contributed by atoms with Crippen LogP contribution in [0.4, 0.5) is 24.7 Å². The summed E-state index contributed by atoms with van der Waals surface area (Å²) in [5.41, 5.74) is 2.42. The molecule has 2 saturated heterocycles. The van der Waals surface area contributed by atoms with Crippen LogP contribution >= 0.6 is 0 Å². The van der Waals surface area contributed by atoms with Gasteiger partial charge in [0.25, 0.3) is 0 Å². The number of aromatic nitrogens is 1. The lowest BCUT2D eigenvalue weighted by atomic mass is 10.1. The van der Waals surface area contributed by atoms with Gasteiger partial charge in [-0.1, -0.05) is 12.1 Å². The second-order valence-corrected chi connectivity index (χ2v) is 8.44. The van der Waals surface area contributed by atoms with Crippen LogP contribution in [0.15, 0.2) is 36.4 Å². The molecule has 34 heavy (non-hydrogen) atoms. The molecular formula is C23H27F3N4O4. The maximum absolute atomic E-state index is 12.7. The van der Waals surface area contributed by atoms with E-state index < -0.39 is 18.5 Å². The number of rotatable bonds is 6. The van der Waals surface area contributed by atoms with E-state index in [0.29, 0.717) is 24.6 Å². The summed E-state index contributed by atoms with van der Waals surface area (Å²) in [6.45, 7) is 5.27. The number of amides is 1. The number of aliphatic hydroxyl groups is 1. The van der Waals surface area contributed by atoms with E-state index in [1.807, 2.05) is 19.1 Å². The van der Waals surface area contributed by atoms with Crippen molar-refractivity contribution in [3.63, 3.8) is 0 Å². The third-order valence-corrected chi connectivity index (χ3v) is 5.80. The predicted octanol–water partition coefficient (Wildman–Crippen LogP) is 2.35. The van der Waals surface area contributed by atoms with E-state index in [2.05, 4.69) is 19.9 Å². The van der Waals surface area contributed by atoms with Gasteiger partial charge in [-0.15, -0.1) is 13.2 Å². The van der Waals surface area contributed by atoms with Crippen molar-refractivity contribution in [3.05, 3.63) is 47.7 Å². The number of hydrogen-bond donors (Lipinski definition) is 2. The zero-order chi connectivity index (χ0) is 24.3. The van der Waals surface area contributed by atoms with E-state index in [1.54, 1.807) is 4.90 Å². The minimum Gasteiger partial charge on any atom is -0.406 e. The van der Waals surface area contributed by atoms with Gasteiger partial charge in [-0.25, -0.2) is 4.98 Å². The summed E-state index contributed by atoms with van der Waals surface area (Å²) >= 11 is 0. The van der Waals surface area contributed by atoms with Crippen LogP contribution in [0.3, 0.4) is 0 Å². The SMILES string of the molecule is Cc1cc(N2CCOCC2)cc(N[C@@H]2CN(C(=O)Cc3ccc(OC(F)(F)F)cc3)C[C@H]2O)n1. The van der Waals surface area contributed by atoms with Crippen molar-refractivity contribution in [1.82, 2.24) is 9.88 Å². The Morgan fingerprint density at radius 1 is 1.21 bits per heavy atom. The molecule has 2 aliphatic rings. The lowest BCUT2D eigenvalue weighted by Gasteiger charge is -2.29. The number of benzene rings is 1. The van der Waals surface area contributed by atoms with E-state index in [0.717, 1.165) is 24.5 Å². The number of morpholine rings is 1. The molecule has 0 spiro atoms. The first kappa shape index (κ1) is 24.1. The van der Waals surface area contributed by atoms with Gasteiger partial charge in [-0.05, 0) is 30.7 Å². The standard InChI is InChI=1S/C23H27F3N4O4/c1-15-10-17(29-6-8-33-9-7-29)12-21(27-15)28-19-13-30(14-20(19)31)22(32)11-16-2-4-18(5-3-16)34-23(24,25)26/h2-5,10,12,19-20,31H,6-9,11,13-14H2,1H3,(H,27,28)/t19-,20-/m1/s1. The number of alkyl halides is 3. The van der Waals surface area contributed by atoms with Gasteiger partial charge in [0, 0.05) is 43.6 Å². The highest BCUT2D eigenvalue weighted by Crippen LogP contribution is 2.25. The van der Waals surface area contributed by atoms with Crippen LogP contribution in [0, 0.1) is 6.92 Å². The molecule has 1 amide bonds. The highest BCUT2D eigenvalue weighted by Gasteiger charge is 2.34. The largest absolute Gasteiger partial charge is 0.573 e. The lowest BCUT2D eigenvalue weighted by Crippen LogP contribution is -2.36. The summed E-state index contributed by atoms with van der Waals surface area (Å²) in [6.07, 6.45) is -5.53. The van der Waals surface area contributed by atoms with Crippen molar-refractivity contribution >= 4 is 17.4 Å². The molecule has 1 aromatic carbocycles. The van der Waals surface area contributed by atoms with Crippen LogP contribution in [0.1, 0.15) is 11.3 Å². The van der Waals surface area contributed by atoms with E-state index >= 15 is 0 Å². The third-order valence-electron chi connectivity index (χ3n) is 5.80. The number of carbonyl (C=O) groups is 1. The number of anilines is 2. The maximum atomic E-state index is 12.7. The molecule has 2 aliphatic heterocycles. The van der Waals surface area contributed by atoms with Crippen molar-refractivity contribution in [3.8, 4) is 5.75 Å². The van der Waals surface area contributed by atoms with Crippen molar-refractivity contribution in [2.75, 3.05) is 49.6 Å². The molecule has 0 aliphatic carbocycles. The number of hydrogen-bond acceptors (Lipinski definition) is 7. The van der Waals surface area contributed by atoms with Crippen molar-refractivity contribution in [1.29, 1.82) is 0 Å². The summed E-state index contributed by atoms with van der Waals surface area (Å²) in [7, 11) is 0. The van der Waals surface area contributed by atoms with Crippen molar-refractivity contribution < 1.29 is 32.5 Å². The summed E-state index contributed by atoms with van der Waals surface area (Å²) in [5, 5.41) is 13.8. The average Bonchev–Trinajstić information content (AvgIpc) is 3.14. The van der Waals surface area contributed by atoms with Gasteiger partial charge >= 0.3 is 6.36 Å². The number of aryl methyl sites for hydroxylation is 1. The lowest BCUT2D eigenvalue weighted by molar-refractivity contribution is -0.274. The number of pyridine rings is 1. The molecule has 1 aromatic heterocycles. The zero-order valence-electron chi connectivity index (χ0n) is 18.7. The van der Waals surface area contributed by atoms with E-state index in [4.69, 9.17) is 4.74 Å². The van der Waals surface area contributed by atoms with Crippen LogP contribution in [0.2, 0.25) is 0 Å². The van der Waals surface area contributed by atoms with E-state index in [-0.39, 0.29) is 31.2 Å². The Morgan fingerprint density at radius 2 is 1.91 bits per heavy atom. The molecular weight excluding hydrogens is 453 g/mol. The molecule has 2 N–H and O–H groups in total. The van der Waals surface area contributed by atoms with Gasteiger partial charge in [-0.2, -0.15) is 0 Å². The molecule has 0 unspecified atom stereocenters. The molecule has 8 nitrogen and oxygen atoms in total. The number of carbonyl (C=O) groups excluding carboxylic acids is 1. The topological polar surface area (TPSA) is 87.2 Å².